The van der Waals surface area contributed by atoms with Crippen LogP contribution in [0.3, 0.4) is 0 Å². The third-order valence-electron chi connectivity index (χ3n) is 2.89. The number of halogens is 1. The number of hydrogen-bond acceptors (Lipinski definition) is 4. The first-order valence-electron chi connectivity index (χ1n) is 5.74. The van der Waals surface area contributed by atoms with E-state index in [2.05, 4.69) is 4.98 Å². The zero-order valence-corrected chi connectivity index (χ0v) is 11.4. The molecule has 5 nitrogen and oxygen atoms in total. The minimum absolute atomic E-state index is 0.107. The number of hydrogen-bond donors (Lipinski definition) is 1. The van der Waals surface area contributed by atoms with Crippen molar-refractivity contribution in [1.82, 2.24) is 9.29 Å². The molecule has 7 heteroatoms. The maximum atomic E-state index is 12.1. The largest absolute Gasteiger partial charge is 0.392 e. The third-order valence-corrected chi connectivity index (χ3v) is 4.93. The Bertz CT molecular complexity index is 504. The van der Waals surface area contributed by atoms with Gasteiger partial charge in [0.15, 0.2) is 0 Å². The SMILES string of the molecule is O=S(=O)(Cc1ccc(Cl)nc1)N1CCCC(O)C1. The van der Waals surface area contributed by atoms with Crippen molar-refractivity contribution in [2.75, 3.05) is 13.1 Å². The Hall–Kier alpha value is -0.690. The number of piperidine rings is 1. The maximum absolute atomic E-state index is 12.1. The van der Waals surface area contributed by atoms with Crippen LogP contribution in [0.2, 0.25) is 5.15 Å². The van der Waals surface area contributed by atoms with Crippen LogP contribution in [0.4, 0.5) is 0 Å². The highest BCUT2D eigenvalue weighted by atomic mass is 35.5. The van der Waals surface area contributed by atoms with E-state index in [0.29, 0.717) is 30.1 Å². The third kappa shape index (κ3) is 3.41. The molecule has 1 unspecified atom stereocenters. The van der Waals surface area contributed by atoms with Crippen LogP contribution in [-0.4, -0.2) is 42.0 Å². The van der Waals surface area contributed by atoms with E-state index in [4.69, 9.17) is 11.6 Å². The molecule has 1 atom stereocenters. The predicted octanol–water partition coefficient (Wildman–Crippen LogP) is 1.02. The monoisotopic (exact) mass is 290 g/mol. The predicted molar refractivity (Wildman–Crippen MR) is 68.7 cm³/mol. The minimum Gasteiger partial charge on any atom is -0.392 e. The molecule has 1 aliphatic heterocycles. The van der Waals surface area contributed by atoms with Crippen molar-refractivity contribution in [3.8, 4) is 0 Å². The summed E-state index contributed by atoms with van der Waals surface area (Å²) in [5.74, 6) is -0.107. The molecular formula is C11H15ClN2O3S. The van der Waals surface area contributed by atoms with Crippen LogP contribution in [0, 0.1) is 0 Å². The van der Waals surface area contributed by atoms with Gasteiger partial charge in [0.05, 0.1) is 11.9 Å². The number of rotatable bonds is 3. The molecule has 0 amide bonds. The van der Waals surface area contributed by atoms with E-state index in [0.717, 1.165) is 0 Å². The lowest BCUT2D eigenvalue weighted by Crippen LogP contribution is -2.42. The molecular weight excluding hydrogens is 276 g/mol. The van der Waals surface area contributed by atoms with Gasteiger partial charge in [0.25, 0.3) is 0 Å². The van der Waals surface area contributed by atoms with Gasteiger partial charge in [-0.3, -0.25) is 0 Å². The lowest BCUT2D eigenvalue weighted by molar-refractivity contribution is 0.108. The highest BCUT2D eigenvalue weighted by Crippen LogP contribution is 2.17. The van der Waals surface area contributed by atoms with Gasteiger partial charge in [-0.05, 0) is 24.5 Å². The average Bonchev–Trinajstić information content (AvgIpc) is 2.32. The van der Waals surface area contributed by atoms with E-state index in [-0.39, 0.29) is 12.3 Å². The van der Waals surface area contributed by atoms with Gasteiger partial charge in [0.1, 0.15) is 5.15 Å². The molecule has 1 fully saturated rings. The first kappa shape index (κ1) is 13.7. The standard InChI is InChI=1S/C11H15ClN2O3S/c12-11-4-3-9(6-13-11)8-18(16,17)14-5-1-2-10(15)7-14/h3-4,6,10,15H,1-2,5,7-8H2. The van der Waals surface area contributed by atoms with Crippen molar-refractivity contribution in [2.45, 2.75) is 24.7 Å². The van der Waals surface area contributed by atoms with E-state index >= 15 is 0 Å². The molecule has 1 N–H and O–H groups in total. The average molecular weight is 291 g/mol. The van der Waals surface area contributed by atoms with Crippen molar-refractivity contribution in [3.05, 3.63) is 29.0 Å². The number of aliphatic hydroxyl groups is 1. The number of aromatic nitrogens is 1. The van der Waals surface area contributed by atoms with Gasteiger partial charge in [-0.1, -0.05) is 17.7 Å². The van der Waals surface area contributed by atoms with Crippen LogP contribution in [0.1, 0.15) is 18.4 Å². The highest BCUT2D eigenvalue weighted by molar-refractivity contribution is 7.88. The first-order chi connectivity index (χ1) is 8.47. The molecule has 0 radical (unpaired) electrons. The lowest BCUT2D eigenvalue weighted by Gasteiger charge is -2.29. The summed E-state index contributed by atoms with van der Waals surface area (Å²) in [5.41, 5.74) is 0.597. The van der Waals surface area contributed by atoms with E-state index in [9.17, 15) is 13.5 Å². The van der Waals surface area contributed by atoms with E-state index in [1.165, 1.54) is 10.5 Å². The van der Waals surface area contributed by atoms with Crippen LogP contribution >= 0.6 is 11.6 Å². The summed E-state index contributed by atoms with van der Waals surface area (Å²) in [5, 5.41) is 9.85. The van der Waals surface area contributed by atoms with Crippen molar-refractivity contribution in [2.24, 2.45) is 0 Å². The van der Waals surface area contributed by atoms with E-state index in [1.54, 1.807) is 12.1 Å². The Morgan fingerprint density at radius 1 is 1.50 bits per heavy atom. The van der Waals surface area contributed by atoms with Crippen LogP contribution in [0.25, 0.3) is 0 Å². The summed E-state index contributed by atoms with van der Waals surface area (Å²) in [6, 6.07) is 3.21. The topological polar surface area (TPSA) is 70.5 Å². The smallest absolute Gasteiger partial charge is 0.218 e. The Morgan fingerprint density at radius 2 is 2.28 bits per heavy atom. The Kier molecular flexibility index (Phi) is 4.21. The number of aliphatic hydroxyl groups excluding tert-OH is 1. The summed E-state index contributed by atoms with van der Waals surface area (Å²) < 4.78 is 25.6. The summed E-state index contributed by atoms with van der Waals surface area (Å²) in [4.78, 5) is 3.86. The first-order valence-corrected chi connectivity index (χ1v) is 7.72. The number of nitrogens with zero attached hydrogens (tertiary/aromatic N) is 2. The van der Waals surface area contributed by atoms with Crippen LogP contribution in [0.15, 0.2) is 18.3 Å². The minimum atomic E-state index is -3.39. The molecule has 18 heavy (non-hydrogen) atoms. The Balaban J connectivity index is 2.09. The van der Waals surface area contributed by atoms with E-state index in [1.807, 2.05) is 0 Å². The number of pyridine rings is 1. The summed E-state index contributed by atoms with van der Waals surface area (Å²) in [7, 11) is -3.39. The molecule has 1 aromatic heterocycles. The second kappa shape index (κ2) is 5.52. The molecule has 1 saturated heterocycles. The van der Waals surface area contributed by atoms with Gasteiger partial charge < -0.3 is 5.11 Å². The van der Waals surface area contributed by atoms with Gasteiger partial charge in [-0.15, -0.1) is 0 Å². The highest BCUT2D eigenvalue weighted by Gasteiger charge is 2.28. The molecule has 2 rings (SSSR count). The van der Waals surface area contributed by atoms with Crippen LogP contribution in [0.5, 0.6) is 0 Å². The van der Waals surface area contributed by atoms with Gasteiger partial charge in [-0.25, -0.2) is 13.4 Å². The second-order valence-corrected chi connectivity index (χ2v) is 6.76. The summed E-state index contributed by atoms with van der Waals surface area (Å²) >= 11 is 5.65. The van der Waals surface area contributed by atoms with Crippen LogP contribution in [-0.2, 0) is 15.8 Å². The van der Waals surface area contributed by atoms with Crippen molar-refractivity contribution < 1.29 is 13.5 Å². The van der Waals surface area contributed by atoms with E-state index < -0.39 is 16.1 Å². The van der Waals surface area contributed by atoms with Crippen LogP contribution < -0.4 is 0 Å². The summed E-state index contributed by atoms with van der Waals surface area (Å²) in [6.45, 7) is 0.657. The fraction of sp³-hybridized carbons (Fsp3) is 0.545. The number of sulfonamides is 1. The van der Waals surface area contributed by atoms with Crippen molar-refractivity contribution in [1.29, 1.82) is 0 Å². The molecule has 1 aliphatic rings. The Morgan fingerprint density at radius 3 is 2.89 bits per heavy atom. The molecule has 100 valence electrons. The summed E-state index contributed by atoms with van der Waals surface area (Å²) in [6.07, 6.45) is 2.26. The molecule has 0 aliphatic carbocycles. The van der Waals surface area contributed by atoms with Crippen molar-refractivity contribution >= 4 is 21.6 Å². The Labute approximate surface area is 111 Å². The van der Waals surface area contributed by atoms with Crippen molar-refractivity contribution in [3.63, 3.8) is 0 Å². The fourth-order valence-electron chi connectivity index (χ4n) is 1.97. The number of β-amino-alcohol motifs (C(OH)–C–C–N with tert-alkyl or cyclic N) is 1. The second-order valence-electron chi connectivity index (χ2n) is 4.40. The zero-order valence-electron chi connectivity index (χ0n) is 9.79. The molecule has 0 spiro atoms. The molecule has 1 aromatic rings. The van der Waals surface area contributed by atoms with Gasteiger partial charge in [0, 0.05) is 19.3 Å². The fourth-order valence-corrected chi connectivity index (χ4v) is 3.66. The normalized spacial score (nSPS) is 22.0. The van der Waals surface area contributed by atoms with Gasteiger partial charge >= 0.3 is 0 Å². The lowest BCUT2D eigenvalue weighted by atomic mass is 10.1. The quantitative estimate of drug-likeness (QED) is 0.844. The molecule has 0 aromatic carbocycles. The molecule has 0 saturated carbocycles. The zero-order chi connectivity index (χ0) is 13.2. The van der Waals surface area contributed by atoms with Gasteiger partial charge in [-0.2, -0.15) is 4.31 Å². The molecule has 0 bridgehead atoms. The van der Waals surface area contributed by atoms with Gasteiger partial charge in [0.2, 0.25) is 10.0 Å². The maximum Gasteiger partial charge on any atom is 0.218 e. The molecule has 2 heterocycles.